The molecule has 5 nitrogen and oxygen atoms in total. The van der Waals surface area contributed by atoms with Crippen LogP contribution in [-0.4, -0.2) is 15.2 Å². The number of benzene rings is 3. The van der Waals surface area contributed by atoms with Crippen molar-refractivity contribution in [1.82, 2.24) is 0 Å². The molecule has 0 unspecified atom stereocenters. The quantitative estimate of drug-likeness (QED) is 0.164. The van der Waals surface area contributed by atoms with Gasteiger partial charge in [-0.25, -0.2) is 0 Å². The maximum Gasteiger partial charge on any atom is 0.283 e. The monoisotopic (exact) mass is 492 g/mol. The minimum Gasteiger partial charge on any atom is -0.268 e. The van der Waals surface area contributed by atoms with Gasteiger partial charge in [0.1, 0.15) is 0 Å². The zero-order valence-corrected chi connectivity index (χ0v) is 20.6. The molecule has 0 aliphatic carbocycles. The lowest BCUT2D eigenvalue weighted by atomic mass is 10.1. The van der Waals surface area contributed by atoms with Gasteiger partial charge in [0, 0.05) is 11.0 Å². The summed E-state index contributed by atoms with van der Waals surface area (Å²) in [5.41, 5.74) is 4.52. The number of thiocarbonyl (C=S) groups is 1. The van der Waals surface area contributed by atoms with Gasteiger partial charge in [-0.3, -0.25) is 19.8 Å². The Morgan fingerprint density at radius 1 is 1.00 bits per heavy atom. The lowest BCUT2D eigenvalue weighted by molar-refractivity contribution is -0.387. The Labute approximate surface area is 206 Å². The van der Waals surface area contributed by atoms with Crippen LogP contribution in [-0.2, 0) is 4.79 Å². The van der Waals surface area contributed by atoms with Crippen LogP contribution in [0.2, 0.25) is 0 Å². The van der Waals surface area contributed by atoms with E-state index in [0.717, 1.165) is 27.3 Å². The maximum absolute atomic E-state index is 13.1. The Bertz CT molecular complexity index is 1320. The Morgan fingerprint density at radius 2 is 1.70 bits per heavy atom. The van der Waals surface area contributed by atoms with Gasteiger partial charge in [-0.05, 0) is 62.2 Å². The molecule has 1 amide bonds. The van der Waals surface area contributed by atoms with E-state index in [1.165, 1.54) is 34.5 Å². The van der Waals surface area contributed by atoms with E-state index >= 15 is 0 Å². The van der Waals surface area contributed by atoms with Gasteiger partial charge in [-0.1, -0.05) is 77.2 Å². The third-order valence-corrected chi connectivity index (χ3v) is 7.49. The molecule has 4 rings (SSSR count). The van der Waals surface area contributed by atoms with Gasteiger partial charge in [0.05, 0.1) is 20.4 Å². The summed E-state index contributed by atoms with van der Waals surface area (Å²) in [5.74, 6) is -0.224. The number of hydrogen-bond acceptors (Lipinski definition) is 6. The van der Waals surface area contributed by atoms with Crippen molar-refractivity contribution < 1.29 is 9.72 Å². The minimum atomic E-state index is -0.394. The van der Waals surface area contributed by atoms with Crippen LogP contribution in [0.15, 0.2) is 75.4 Å². The number of nitro benzene ring substituents is 1. The fourth-order valence-corrected chi connectivity index (χ4v) is 5.65. The summed E-state index contributed by atoms with van der Waals surface area (Å²) in [6, 6.07) is 18.7. The number of carbonyl (C=O) groups is 1. The summed E-state index contributed by atoms with van der Waals surface area (Å²) in [6.07, 6.45) is 1.66. The van der Waals surface area contributed by atoms with E-state index in [1.807, 2.05) is 63.2 Å². The van der Waals surface area contributed by atoms with Crippen LogP contribution in [0.25, 0.3) is 6.08 Å². The second-order valence-corrected chi connectivity index (χ2v) is 10.5. The summed E-state index contributed by atoms with van der Waals surface area (Å²) in [6.45, 7) is 5.93. The number of amides is 1. The largest absolute Gasteiger partial charge is 0.283 e. The van der Waals surface area contributed by atoms with Crippen molar-refractivity contribution in [3.05, 3.63) is 97.9 Å². The highest BCUT2D eigenvalue weighted by atomic mass is 32.2. The van der Waals surface area contributed by atoms with Gasteiger partial charge in [0.25, 0.3) is 11.6 Å². The number of aryl methyl sites for hydroxylation is 3. The van der Waals surface area contributed by atoms with Crippen LogP contribution in [0.3, 0.4) is 0 Å². The van der Waals surface area contributed by atoms with E-state index in [0.29, 0.717) is 19.7 Å². The molecule has 0 saturated carbocycles. The van der Waals surface area contributed by atoms with Crippen LogP contribution in [0, 0.1) is 30.9 Å². The summed E-state index contributed by atoms with van der Waals surface area (Å²) >= 11 is 8.01. The van der Waals surface area contributed by atoms with Crippen molar-refractivity contribution in [1.29, 1.82) is 0 Å². The minimum absolute atomic E-state index is 0.000757. The van der Waals surface area contributed by atoms with E-state index in [9.17, 15) is 14.9 Å². The molecule has 1 aliphatic rings. The van der Waals surface area contributed by atoms with Crippen molar-refractivity contribution >= 4 is 63.4 Å². The molecule has 8 heteroatoms. The number of nitrogens with zero attached hydrogens (tertiary/aromatic N) is 2. The van der Waals surface area contributed by atoms with Crippen molar-refractivity contribution in [3.63, 3.8) is 0 Å². The Morgan fingerprint density at radius 3 is 2.36 bits per heavy atom. The second kappa shape index (κ2) is 9.51. The van der Waals surface area contributed by atoms with Crippen LogP contribution < -0.4 is 4.90 Å². The average molecular weight is 493 g/mol. The smallest absolute Gasteiger partial charge is 0.268 e. The normalized spacial score (nSPS) is 14.9. The third-order valence-electron chi connectivity index (χ3n) is 5.11. The predicted octanol–water partition coefficient (Wildman–Crippen LogP) is 7.08. The SMILES string of the molecule is Cc1ccc(Sc2ccc(/C=C3/SC(=S)N(c4ccc(C)cc4C)C3=O)cc2[N+](=O)[O-])cc1. The van der Waals surface area contributed by atoms with Gasteiger partial charge in [-0.2, -0.15) is 0 Å². The zero-order chi connectivity index (χ0) is 23.7. The number of hydrogen-bond donors (Lipinski definition) is 0. The van der Waals surface area contributed by atoms with Gasteiger partial charge in [-0.15, -0.1) is 0 Å². The van der Waals surface area contributed by atoms with Gasteiger partial charge >= 0.3 is 0 Å². The molecule has 0 aromatic heterocycles. The highest BCUT2D eigenvalue weighted by Crippen LogP contribution is 2.39. The van der Waals surface area contributed by atoms with E-state index in [-0.39, 0.29) is 11.6 Å². The molecule has 0 radical (unpaired) electrons. The van der Waals surface area contributed by atoms with Crippen molar-refractivity contribution in [2.45, 2.75) is 30.6 Å². The molecule has 1 heterocycles. The summed E-state index contributed by atoms with van der Waals surface area (Å²) in [7, 11) is 0. The molecule has 3 aromatic rings. The summed E-state index contributed by atoms with van der Waals surface area (Å²) < 4.78 is 0.444. The molecule has 3 aromatic carbocycles. The van der Waals surface area contributed by atoms with E-state index in [1.54, 1.807) is 18.2 Å². The first-order valence-corrected chi connectivity index (χ1v) is 12.2. The first-order valence-electron chi connectivity index (χ1n) is 10.1. The van der Waals surface area contributed by atoms with Gasteiger partial charge in [0.15, 0.2) is 4.32 Å². The highest BCUT2D eigenvalue weighted by Gasteiger charge is 2.34. The fraction of sp³-hybridized carbons (Fsp3) is 0.120. The van der Waals surface area contributed by atoms with Crippen LogP contribution in [0.5, 0.6) is 0 Å². The topological polar surface area (TPSA) is 63.5 Å². The lowest BCUT2D eigenvalue weighted by Crippen LogP contribution is -2.28. The van der Waals surface area contributed by atoms with Crippen molar-refractivity contribution in [3.8, 4) is 0 Å². The van der Waals surface area contributed by atoms with Gasteiger partial charge < -0.3 is 0 Å². The molecule has 0 spiro atoms. The predicted molar refractivity (Wildman–Crippen MR) is 140 cm³/mol. The van der Waals surface area contributed by atoms with E-state index in [4.69, 9.17) is 12.2 Å². The van der Waals surface area contributed by atoms with Crippen molar-refractivity contribution in [2.75, 3.05) is 4.90 Å². The molecular formula is C25H20N2O3S3. The Kier molecular flexibility index (Phi) is 6.69. The molecule has 0 bridgehead atoms. The number of rotatable bonds is 5. The molecule has 0 atom stereocenters. The second-order valence-electron chi connectivity index (χ2n) is 7.71. The number of nitro groups is 1. The molecule has 1 aliphatic heterocycles. The molecule has 0 N–H and O–H groups in total. The average Bonchev–Trinajstić information content (AvgIpc) is 3.03. The standard InChI is InChI=1S/C25H20N2O3S3/c1-15-4-8-19(9-5-15)32-22-11-7-18(13-21(22)27(29)30)14-23-24(28)26(25(31)33-23)20-10-6-16(2)12-17(20)3/h4-14H,1-3H3/b23-14+. The molecule has 33 heavy (non-hydrogen) atoms. The van der Waals surface area contributed by atoms with E-state index in [2.05, 4.69) is 0 Å². The van der Waals surface area contributed by atoms with Crippen LogP contribution >= 0.6 is 35.7 Å². The molecule has 166 valence electrons. The van der Waals surface area contributed by atoms with E-state index < -0.39 is 4.92 Å². The van der Waals surface area contributed by atoms with Gasteiger partial charge in [0.2, 0.25) is 0 Å². The maximum atomic E-state index is 13.1. The third kappa shape index (κ3) is 5.03. The summed E-state index contributed by atoms with van der Waals surface area (Å²) in [4.78, 5) is 27.9. The molecule has 1 fully saturated rings. The Balaban J connectivity index is 1.64. The first kappa shape index (κ1) is 23.2. The highest BCUT2D eigenvalue weighted by molar-refractivity contribution is 8.27. The lowest BCUT2D eigenvalue weighted by Gasteiger charge is -2.17. The molecular weight excluding hydrogens is 472 g/mol. The number of carbonyl (C=O) groups excluding carboxylic acids is 1. The summed E-state index contributed by atoms with van der Waals surface area (Å²) in [5, 5.41) is 11.7. The molecule has 1 saturated heterocycles. The first-order chi connectivity index (χ1) is 15.7. The number of thioether (sulfide) groups is 1. The van der Waals surface area contributed by atoms with Crippen LogP contribution in [0.4, 0.5) is 11.4 Å². The zero-order valence-electron chi connectivity index (χ0n) is 18.2. The van der Waals surface area contributed by atoms with Crippen LogP contribution in [0.1, 0.15) is 22.3 Å². The van der Waals surface area contributed by atoms with Crippen molar-refractivity contribution in [2.24, 2.45) is 0 Å². The number of anilines is 1. The Hall–Kier alpha value is -2.94. The fourth-order valence-electron chi connectivity index (χ4n) is 3.47.